The molecule has 0 fully saturated rings. The minimum atomic E-state index is -3.25. The van der Waals surface area contributed by atoms with Gasteiger partial charge >= 0.3 is 6.03 Å². The second-order valence-corrected chi connectivity index (χ2v) is 13.2. The number of hydrogen-bond acceptors (Lipinski definition) is 9. The highest BCUT2D eigenvalue weighted by Gasteiger charge is 2.31. The lowest BCUT2D eigenvalue weighted by atomic mass is 9.97. The average Bonchev–Trinajstić information content (AvgIpc) is 3.12. The Balaban J connectivity index is 1.92. The number of hydrogen-bond donors (Lipinski definition) is 10. The number of aryl methyl sites for hydroxylation is 1. The number of alkyl halides is 3. The first-order chi connectivity index (χ1) is 26.1. The van der Waals surface area contributed by atoms with Gasteiger partial charge in [0.05, 0.1) is 0 Å². The number of nitrogens with two attached hydrogens (primary N) is 6. The van der Waals surface area contributed by atoms with Crippen LogP contribution in [0.2, 0.25) is 0 Å². The van der Waals surface area contributed by atoms with Crippen LogP contribution in [0.4, 0.5) is 40.7 Å². The zero-order chi connectivity index (χ0) is 40.6. The van der Waals surface area contributed by atoms with Crippen LogP contribution in [0.25, 0.3) is 0 Å². The van der Waals surface area contributed by atoms with Crippen LogP contribution in [0.5, 0.6) is 11.5 Å². The van der Waals surface area contributed by atoms with Gasteiger partial charge in [0.1, 0.15) is 11.5 Å². The van der Waals surface area contributed by atoms with Crippen molar-refractivity contribution in [3.8, 4) is 11.5 Å². The monoisotopic (exact) mass is 771 g/mol. The zero-order valence-electron chi connectivity index (χ0n) is 31.6. The molecule has 1 unspecified atom stereocenters. The lowest BCUT2D eigenvalue weighted by Crippen LogP contribution is -2.27. The molecule has 1 atom stereocenters. The summed E-state index contributed by atoms with van der Waals surface area (Å²) in [5, 5.41) is 11.4. The molecule has 0 heterocycles. The molecule has 14 nitrogen and oxygen atoms in total. The summed E-state index contributed by atoms with van der Waals surface area (Å²) in [6.07, 6.45) is 2.41. The van der Waals surface area contributed by atoms with E-state index in [0.717, 1.165) is 0 Å². The summed E-state index contributed by atoms with van der Waals surface area (Å²) in [7, 11) is 0. The number of ether oxygens (including phenoxy) is 1. The van der Waals surface area contributed by atoms with Crippen molar-refractivity contribution < 1.29 is 27.5 Å². The minimum Gasteiger partial charge on any atom is -0.457 e. The van der Waals surface area contributed by atoms with E-state index in [2.05, 4.69) is 26.3 Å². The Morgan fingerprint density at radius 3 is 2.13 bits per heavy atom. The molecule has 55 heavy (non-hydrogen) atoms. The third-order valence-electron chi connectivity index (χ3n) is 8.52. The zero-order valence-corrected chi connectivity index (χ0v) is 31.6. The summed E-state index contributed by atoms with van der Waals surface area (Å²) in [5.74, 6) is -5.07. The first kappa shape index (κ1) is 44.3. The van der Waals surface area contributed by atoms with Gasteiger partial charge in [-0.15, -0.1) is 0 Å². The number of unbranched alkanes of at least 4 members (excludes halogenated alkanes) is 1. The molecule has 16 N–H and O–H groups in total. The van der Waals surface area contributed by atoms with Crippen LogP contribution in [-0.4, -0.2) is 50.6 Å². The van der Waals surface area contributed by atoms with Gasteiger partial charge in [0.15, 0.2) is 11.8 Å². The summed E-state index contributed by atoms with van der Waals surface area (Å²) >= 11 is 0. The van der Waals surface area contributed by atoms with Crippen molar-refractivity contribution in [2.45, 2.75) is 76.9 Å². The van der Waals surface area contributed by atoms with E-state index in [0.29, 0.717) is 92.3 Å². The summed E-state index contributed by atoms with van der Waals surface area (Å²) in [5.41, 5.74) is 35.9. The number of carbonyl (C=O) groups excluding carboxylic acids is 2. The Labute approximate surface area is 320 Å². The molecule has 0 saturated carbocycles. The second-order valence-electron chi connectivity index (χ2n) is 13.2. The molecule has 0 aliphatic rings. The molecular formula is C38H56F3N11O3. The Bertz CT molecular complexity index is 1760. The Morgan fingerprint density at radius 2 is 1.49 bits per heavy atom. The van der Waals surface area contributed by atoms with Crippen LogP contribution in [-0.2, 0) is 29.4 Å². The van der Waals surface area contributed by atoms with E-state index in [-0.39, 0.29) is 47.8 Å². The van der Waals surface area contributed by atoms with Crippen molar-refractivity contribution in [2.24, 2.45) is 39.4 Å². The predicted molar refractivity (Wildman–Crippen MR) is 214 cm³/mol. The molecule has 0 aromatic heterocycles. The molecule has 0 aliphatic carbocycles. The molecule has 3 rings (SSSR count). The summed E-state index contributed by atoms with van der Waals surface area (Å²) < 4.78 is 51.3. The Morgan fingerprint density at radius 1 is 0.800 bits per heavy atom. The number of rotatable bonds is 22. The molecule has 3 aromatic carbocycles. The van der Waals surface area contributed by atoms with Gasteiger partial charge in [0, 0.05) is 72.4 Å². The van der Waals surface area contributed by atoms with E-state index in [1.807, 2.05) is 0 Å². The fraction of sp³-hybridized carbons (Fsp3) is 0.447. The maximum absolute atomic E-state index is 15.2. The topological polar surface area (TPSA) is 260 Å². The van der Waals surface area contributed by atoms with E-state index in [1.54, 1.807) is 30.3 Å². The van der Waals surface area contributed by atoms with Crippen molar-refractivity contribution in [3.63, 3.8) is 0 Å². The van der Waals surface area contributed by atoms with Crippen molar-refractivity contribution in [1.29, 1.82) is 0 Å². The van der Waals surface area contributed by atoms with Gasteiger partial charge < -0.3 is 54.7 Å². The highest BCUT2D eigenvalue weighted by atomic mass is 19.3. The van der Waals surface area contributed by atoms with Gasteiger partial charge in [-0.1, -0.05) is 6.92 Å². The average molecular weight is 772 g/mol. The van der Waals surface area contributed by atoms with Gasteiger partial charge in [-0.2, -0.15) is 0 Å². The smallest absolute Gasteiger partial charge is 0.323 e. The van der Waals surface area contributed by atoms with Crippen LogP contribution in [0, 0.1) is 0 Å². The van der Waals surface area contributed by atoms with Gasteiger partial charge in [-0.05, 0) is 112 Å². The van der Waals surface area contributed by atoms with Crippen LogP contribution in [0.1, 0.15) is 74.6 Å². The predicted octanol–water partition coefficient (Wildman–Crippen LogP) is 5.26. The number of nitrogens with zero attached hydrogens (tertiary/aromatic N) is 1. The third-order valence-corrected chi connectivity index (χ3v) is 8.52. The van der Waals surface area contributed by atoms with Crippen molar-refractivity contribution >= 4 is 40.6 Å². The van der Waals surface area contributed by atoms with Crippen LogP contribution in [0.3, 0.4) is 0 Å². The van der Waals surface area contributed by atoms with Crippen LogP contribution >= 0.6 is 0 Å². The minimum absolute atomic E-state index is 0.0477. The molecule has 3 aromatic rings. The van der Waals surface area contributed by atoms with Crippen molar-refractivity contribution in [3.05, 3.63) is 70.8 Å². The third kappa shape index (κ3) is 14.2. The van der Waals surface area contributed by atoms with E-state index in [1.165, 1.54) is 32.0 Å². The second kappa shape index (κ2) is 21.1. The molecule has 0 spiro atoms. The maximum Gasteiger partial charge on any atom is 0.323 e. The van der Waals surface area contributed by atoms with E-state index in [4.69, 9.17) is 39.1 Å². The number of halogens is 3. The van der Waals surface area contributed by atoms with Gasteiger partial charge in [-0.25, -0.2) is 18.0 Å². The van der Waals surface area contributed by atoms with Gasteiger partial charge in [-0.3, -0.25) is 15.5 Å². The summed E-state index contributed by atoms with van der Waals surface area (Å²) in [4.78, 5) is 30.4. The highest BCUT2D eigenvalue weighted by Crippen LogP contribution is 2.39. The number of amides is 3. The highest BCUT2D eigenvalue weighted by molar-refractivity contribution is 6.02. The number of carbonyl (C=O) groups is 2. The van der Waals surface area contributed by atoms with Gasteiger partial charge in [0.2, 0.25) is 5.91 Å². The SMILES string of the molecule is CCC(F)(F)c1cc(NC(=O)CCCCN=C(N)N)c(CCCN)c(NC(=O)Nc2ccc(Oc3cc(NCCN)cc(C(C)(N)F)c3)c(CCCN)c2)c1. The fourth-order valence-electron chi connectivity index (χ4n) is 5.59. The normalized spacial score (nSPS) is 12.4. The van der Waals surface area contributed by atoms with Gasteiger partial charge in [0.25, 0.3) is 5.92 Å². The van der Waals surface area contributed by atoms with E-state index in [9.17, 15) is 14.0 Å². The largest absolute Gasteiger partial charge is 0.457 e. The molecule has 17 heteroatoms. The van der Waals surface area contributed by atoms with Crippen molar-refractivity contribution in [1.82, 2.24) is 0 Å². The number of urea groups is 1. The summed E-state index contributed by atoms with van der Waals surface area (Å²) in [6, 6.07) is 11.5. The number of guanidine groups is 1. The molecule has 0 radical (unpaired) electrons. The molecule has 3 amide bonds. The summed E-state index contributed by atoms with van der Waals surface area (Å²) in [6.45, 7) is 4.40. The molecule has 0 bridgehead atoms. The Kier molecular flexibility index (Phi) is 17.0. The number of anilines is 4. The number of benzene rings is 3. The molecule has 302 valence electrons. The van der Waals surface area contributed by atoms with Crippen LogP contribution in [0.15, 0.2) is 53.5 Å². The molecule has 0 saturated heterocycles. The number of nitrogens with one attached hydrogen (secondary N) is 4. The van der Waals surface area contributed by atoms with Crippen molar-refractivity contribution in [2.75, 3.05) is 54.0 Å². The van der Waals surface area contributed by atoms with Crippen LogP contribution < -0.4 is 60.4 Å². The standard InChI is InChI=1S/C38H56F3N11O3/c1-3-38(40,41)26-21-31(51-34(53)10-4-5-16-49-35(45)46)30(9-7-14-43)32(22-26)52-36(54)50-27-11-12-33(24(18-27)8-6-13-42)55-29-20-25(37(2,39)47)19-28(23-29)48-17-15-44/h11-12,18-23,48H,3-10,13-17,42-44,47H2,1-2H3,(H,51,53)(H4,45,46,49)(H2,50,52,54). The quantitative estimate of drug-likeness (QED) is 0.0274. The first-order valence-electron chi connectivity index (χ1n) is 18.4. The molecule has 0 aliphatic heterocycles. The number of aliphatic imine (C=N–C) groups is 1. The first-order valence-corrected chi connectivity index (χ1v) is 18.4. The maximum atomic E-state index is 15.2. The Hall–Kier alpha value is -5.10. The molecular weight excluding hydrogens is 715 g/mol. The fourth-order valence-corrected chi connectivity index (χ4v) is 5.59. The van der Waals surface area contributed by atoms with E-state index >= 15 is 8.78 Å². The van der Waals surface area contributed by atoms with E-state index < -0.39 is 30.1 Å². The lowest BCUT2D eigenvalue weighted by Gasteiger charge is -2.22. The lowest BCUT2D eigenvalue weighted by molar-refractivity contribution is -0.116.